The molecule has 0 N–H and O–H groups in total. The minimum absolute atomic E-state index is 0.104. The smallest absolute Gasteiger partial charge is 0.192 e. The largest absolute Gasteiger partial charge is 0.490 e. The Labute approximate surface area is 430 Å². The van der Waals surface area contributed by atoms with Gasteiger partial charge in [0, 0.05) is 31.2 Å². The van der Waals surface area contributed by atoms with Crippen LogP contribution in [0.15, 0.2) is 133 Å². The van der Waals surface area contributed by atoms with Crippen molar-refractivity contribution in [3.05, 3.63) is 155 Å². The number of hydrogen-bond acceptors (Lipinski definition) is 11. The standard InChI is InChI=1S/C60H80O11Si/c1-41-29-30-46(65-56-40-64-58(68-48(56)31-41)45-27-19-12-20-28-45)32-54-57(71-72(7,8)59(2,3)4)53(63-38-44-25-17-11-18-26-44)35-50-49(66-54)34-52-51(69-60(5,6)70-52)33-47(62-37-43-23-15-10-16-24-43)55(67-50)39-61-36-42-21-13-9-14-22-42/h9-28,30,41,47-58H,29,31-40H2,1-8H3/b46-30-/t41-,47+,48-,49-,50+,51-,52+,53+,54?,55-,56+,57-,58+/m0/s1. The van der Waals surface area contributed by atoms with Crippen LogP contribution in [0.25, 0.3) is 0 Å². The van der Waals surface area contributed by atoms with E-state index in [0.717, 1.165) is 40.9 Å². The molecule has 0 bridgehead atoms. The molecule has 5 aliphatic heterocycles. The quantitative estimate of drug-likeness (QED) is 0.106. The topological polar surface area (TPSA) is 102 Å². The maximum atomic E-state index is 7.73. The first-order valence-electron chi connectivity index (χ1n) is 26.6. The summed E-state index contributed by atoms with van der Waals surface area (Å²) in [7, 11) is -2.49. The Kier molecular flexibility index (Phi) is 17.6. The molecule has 5 heterocycles. The Bertz CT molecular complexity index is 2290. The second kappa shape index (κ2) is 23.8. The summed E-state index contributed by atoms with van der Waals surface area (Å²) in [6.07, 6.45) is 1.27. The average Bonchev–Trinajstić information content (AvgIpc) is 3.60. The molecule has 4 aromatic rings. The molecule has 1 unspecified atom stereocenters. The average molecular weight is 1010 g/mol. The molecule has 0 radical (unpaired) electrons. The first-order chi connectivity index (χ1) is 34.6. The third kappa shape index (κ3) is 13.9. The molecule has 72 heavy (non-hydrogen) atoms. The van der Waals surface area contributed by atoms with Gasteiger partial charge < -0.3 is 51.8 Å². The second-order valence-corrected chi connectivity index (χ2v) is 27.5. The van der Waals surface area contributed by atoms with E-state index in [1.54, 1.807) is 0 Å². The van der Waals surface area contributed by atoms with Gasteiger partial charge in [-0.05, 0) is 73.5 Å². The fraction of sp³-hybridized carbons (Fsp3) is 0.567. The van der Waals surface area contributed by atoms with Crippen molar-refractivity contribution >= 4 is 8.32 Å². The molecule has 4 fully saturated rings. The summed E-state index contributed by atoms with van der Waals surface area (Å²) in [4.78, 5) is 0. The molecule has 12 heteroatoms. The van der Waals surface area contributed by atoms with Crippen LogP contribution in [0.4, 0.5) is 0 Å². The zero-order valence-corrected chi connectivity index (χ0v) is 44.9. The van der Waals surface area contributed by atoms with Crippen LogP contribution < -0.4 is 0 Å². The van der Waals surface area contributed by atoms with E-state index < -0.39 is 63.1 Å². The minimum Gasteiger partial charge on any atom is -0.490 e. The number of ether oxygens (including phenoxy) is 10. The fourth-order valence-electron chi connectivity index (χ4n) is 10.5. The Morgan fingerprint density at radius 3 is 1.75 bits per heavy atom. The van der Waals surface area contributed by atoms with E-state index >= 15 is 0 Å². The van der Waals surface area contributed by atoms with Crippen LogP contribution in [0.5, 0.6) is 0 Å². The summed E-state index contributed by atoms with van der Waals surface area (Å²) >= 11 is 0. The Hall–Kier alpha value is -3.76. The van der Waals surface area contributed by atoms with Crippen LogP contribution in [0.2, 0.25) is 18.1 Å². The third-order valence-corrected chi connectivity index (χ3v) is 19.9. The van der Waals surface area contributed by atoms with Crippen LogP contribution in [0.3, 0.4) is 0 Å². The van der Waals surface area contributed by atoms with Crippen molar-refractivity contribution in [1.29, 1.82) is 0 Å². The monoisotopic (exact) mass is 1000 g/mol. The molecule has 0 spiro atoms. The molecule has 13 atom stereocenters. The van der Waals surface area contributed by atoms with Crippen molar-refractivity contribution < 1.29 is 51.8 Å². The lowest BCUT2D eigenvalue weighted by atomic mass is 9.93. The molecule has 4 saturated heterocycles. The first-order valence-corrected chi connectivity index (χ1v) is 29.5. The van der Waals surface area contributed by atoms with Gasteiger partial charge in [-0.1, -0.05) is 149 Å². The Balaban J connectivity index is 1.08. The van der Waals surface area contributed by atoms with Gasteiger partial charge in [0.15, 0.2) is 20.4 Å². The predicted octanol–water partition coefficient (Wildman–Crippen LogP) is 12.2. The van der Waals surface area contributed by atoms with Gasteiger partial charge in [-0.3, -0.25) is 0 Å². The summed E-state index contributed by atoms with van der Waals surface area (Å²) in [5, 5.41) is -0.104. The molecule has 0 aromatic heterocycles. The van der Waals surface area contributed by atoms with E-state index in [2.05, 4.69) is 108 Å². The number of benzene rings is 4. The van der Waals surface area contributed by atoms with Gasteiger partial charge in [-0.2, -0.15) is 0 Å². The van der Waals surface area contributed by atoms with Gasteiger partial charge in [0.25, 0.3) is 0 Å². The molecule has 390 valence electrons. The van der Waals surface area contributed by atoms with E-state index in [1.807, 2.05) is 74.5 Å². The molecule has 0 saturated carbocycles. The number of hydrogen-bond donors (Lipinski definition) is 0. The Morgan fingerprint density at radius 1 is 0.597 bits per heavy atom. The SMILES string of the molecule is C[C@H]1C/C=C(/CC2O[C@H]3C[C@H]4OC(C)(C)O[C@H]4C[C@@H](OCc4ccccc4)[C@H](COCc4ccccc4)O[C@@H]3C[C@@H](OCc3ccccc3)[C@@H]2O[Si](C)(C)C(C)(C)C)O[C@@H]2CO[C@@H](c3ccccc3)O[C@H]2C1. The van der Waals surface area contributed by atoms with Crippen molar-refractivity contribution in [2.45, 2.75) is 197 Å². The van der Waals surface area contributed by atoms with Crippen LogP contribution in [-0.2, 0) is 71.6 Å². The van der Waals surface area contributed by atoms with Gasteiger partial charge in [-0.15, -0.1) is 0 Å². The van der Waals surface area contributed by atoms with Crippen LogP contribution >= 0.6 is 0 Å². The van der Waals surface area contributed by atoms with Crippen LogP contribution in [0, 0.1) is 5.92 Å². The maximum Gasteiger partial charge on any atom is 0.192 e. The lowest BCUT2D eigenvalue weighted by Crippen LogP contribution is -2.52. The molecule has 4 aromatic carbocycles. The highest BCUT2D eigenvalue weighted by Gasteiger charge is 2.53. The minimum atomic E-state index is -2.49. The van der Waals surface area contributed by atoms with Gasteiger partial charge >= 0.3 is 0 Å². The molecule has 11 nitrogen and oxygen atoms in total. The van der Waals surface area contributed by atoms with Crippen molar-refractivity contribution in [3.8, 4) is 0 Å². The summed E-state index contributed by atoms with van der Waals surface area (Å²) in [5.74, 6) is 0.385. The molecule has 0 amide bonds. The maximum absolute atomic E-state index is 7.73. The Morgan fingerprint density at radius 2 is 1.12 bits per heavy atom. The van der Waals surface area contributed by atoms with E-state index in [0.29, 0.717) is 64.6 Å². The predicted molar refractivity (Wildman–Crippen MR) is 279 cm³/mol. The van der Waals surface area contributed by atoms with E-state index in [1.165, 1.54) is 0 Å². The van der Waals surface area contributed by atoms with Crippen molar-refractivity contribution in [1.82, 2.24) is 0 Å². The van der Waals surface area contributed by atoms with E-state index in [9.17, 15) is 0 Å². The normalized spacial score (nSPS) is 32.9. The van der Waals surface area contributed by atoms with Gasteiger partial charge in [0.05, 0.1) is 87.6 Å². The molecule has 9 rings (SSSR count). The van der Waals surface area contributed by atoms with Gasteiger partial charge in [0.2, 0.25) is 0 Å². The second-order valence-electron chi connectivity index (χ2n) is 22.7. The molecule has 0 aliphatic carbocycles. The number of fused-ring (bicyclic) bond motifs is 3. The van der Waals surface area contributed by atoms with Crippen LogP contribution in [-0.4, -0.2) is 94.5 Å². The first kappa shape index (κ1) is 53.1. The van der Waals surface area contributed by atoms with E-state index in [-0.39, 0.29) is 29.5 Å². The summed E-state index contributed by atoms with van der Waals surface area (Å²) in [5.41, 5.74) is 4.25. The van der Waals surface area contributed by atoms with Crippen molar-refractivity contribution in [3.63, 3.8) is 0 Å². The van der Waals surface area contributed by atoms with Crippen molar-refractivity contribution in [2.24, 2.45) is 5.92 Å². The van der Waals surface area contributed by atoms with E-state index in [4.69, 9.17) is 51.8 Å². The molecular weight excluding hydrogens is 925 g/mol. The summed E-state index contributed by atoms with van der Waals surface area (Å²) < 4.78 is 77.7. The van der Waals surface area contributed by atoms with Crippen LogP contribution in [0.1, 0.15) is 109 Å². The lowest BCUT2D eigenvalue weighted by Gasteiger charge is -2.43. The summed E-state index contributed by atoms with van der Waals surface area (Å²) in [6.45, 7) is 19.7. The highest BCUT2D eigenvalue weighted by atomic mass is 28.4. The van der Waals surface area contributed by atoms with Crippen molar-refractivity contribution in [2.75, 3.05) is 13.2 Å². The molecule has 5 aliphatic rings. The summed E-state index contributed by atoms with van der Waals surface area (Å²) in [6, 6.07) is 41.1. The number of allylic oxidation sites excluding steroid dienone is 1. The van der Waals surface area contributed by atoms with Gasteiger partial charge in [0.1, 0.15) is 18.3 Å². The highest BCUT2D eigenvalue weighted by molar-refractivity contribution is 6.74. The molecular formula is C60H80O11Si. The van der Waals surface area contributed by atoms with Gasteiger partial charge in [-0.25, -0.2) is 0 Å². The number of rotatable bonds is 15. The zero-order chi connectivity index (χ0) is 50.3. The zero-order valence-electron chi connectivity index (χ0n) is 43.9. The third-order valence-electron chi connectivity index (χ3n) is 15.5. The highest BCUT2D eigenvalue weighted by Crippen LogP contribution is 2.44. The fourth-order valence-corrected chi connectivity index (χ4v) is 11.9. The lowest BCUT2D eigenvalue weighted by molar-refractivity contribution is -0.264.